The Morgan fingerprint density at radius 1 is 1.39 bits per heavy atom. The highest BCUT2D eigenvalue weighted by Gasteiger charge is 2.26. The zero-order chi connectivity index (χ0) is 20.3. The van der Waals surface area contributed by atoms with Crippen molar-refractivity contribution in [1.82, 2.24) is 13.9 Å². The average Bonchev–Trinajstić information content (AvgIpc) is 3.20. The van der Waals surface area contributed by atoms with Crippen molar-refractivity contribution in [2.75, 3.05) is 5.32 Å². The third-order valence-corrected chi connectivity index (χ3v) is 4.99. The number of hydrogen-bond acceptors (Lipinski definition) is 6. The summed E-state index contributed by atoms with van der Waals surface area (Å²) in [7, 11) is 0. The molecule has 0 radical (unpaired) electrons. The van der Waals surface area contributed by atoms with Crippen LogP contribution in [0.4, 0.5) is 5.13 Å². The maximum atomic E-state index is 12.9. The second-order valence-electron chi connectivity index (χ2n) is 6.76. The van der Waals surface area contributed by atoms with E-state index in [1.807, 2.05) is 13.8 Å². The molecule has 0 aliphatic carbocycles. The van der Waals surface area contributed by atoms with Gasteiger partial charge >= 0.3 is 0 Å². The van der Waals surface area contributed by atoms with Crippen LogP contribution in [0, 0.1) is 12.8 Å². The fraction of sp³-hybridized carbons (Fsp3) is 0.316. The number of aromatic nitrogens is 3. The van der Waals surface area contributed by atoms with E-state index < -0.39 is 6.04 Å². The molecule has 9 heteroatoms. The fourth-order valence-electron chi connectivity index (χ4n) is 2.73. The van der Waals surface area contributed by atoms with Crippen LogP contribution in [0.5, 0.6) is 17.4 Å². The third-order valence-electron chi connectivity index (χ3n) is 3.96. The van der Waals surface area contributed by atoms with Gasteiger partial charge in [-0.05, 0) is 31.4 Å². The van der Waals surface area contributed by atoms with Gasteiger partial charge in [0.25, 0.3) is 0 Å². The van der Waals surface area contributed by atoms with E-state index in [4.69, 9.17) is 16.3 Å². The average molecular weight is 421 g/mol. The Morgan fingerprint density at radius 2 is 2.14 bits per heavy atom. The van der Waals surface area contributed by atoms with Crippen LogP contribution in [0.2, 0.25) is 5.02 Å². The number of rotatable bonds is 7. The number of hydrogen-bond donors (Lipinski definition) is 2. The van der Waals surface area contributed by atoms with Crippen molar-refractivity contribution >= 4 is 34.2 Å². The molecule has 1 atom stereocenters. The number of nitrogens with one attached hydrogen (secondary N) is 1. The standard InChI is InChI=1S/C19H21ClN4O3S/c1-11(2)8-15(18(26)22-19-21-12(3)23-28-19)24-10-13(9-17(24)25)27-16-7-5-4-6-14(16)20/h4-7,9-11,15,25H,8H2,1-3H3,(H,21,22,23,26)/t15-/m0/s1. The maximum Gasteiger partial charge on any atom is 0.249 e. The highest BCUT2D eigenvalue weighted by molar-refractivity contribution is 7.09. The predicted molar refractivity (Wildman–Crippen MR) is 109 cm³/mol. The number of carbonyl (C=O) groups is 1. The number of anilines is 1. The molecule has 3 aromatic rings. The van der Waals surface area contributed by atoms with Gasteiger partial charge in [0.2, 0.25) is 11.0 Å². The Kier molecular flexibility index (Phi) is 6.21. The van der Waals surface area contributed by atoms with Gasteiger partial charge in [0, 0.05) is 17.6 Å². The summed E-state index contributed by atoms with van der Waals surface area (Å²) in [4.78, 5) is 17.0. The van der Waals surface area contributed by atoms with Gasteiger partial charge in [-0.1, -0.05) is 37.6 Å². The minimum atomic E-state index is -0.632. The van der Waals surface area contributed by atoms with Crippen LogP contribution in [-0.4, -0.2) is 24.9 Å². The fourth-order valence-corrected chi connectivity index (χ4v) is 3.49. The summed E-state index contributed by atoms with van der Waals surface area (Å²) >= 11 is 7.24. The number of nitrogens with zero attached hydrogens (tertiary/aromatic N) is 3. The molecule has 2 aromatic heterocycles. The molecule has 7 nitrogen and oxygen atoms in total. The lowest BCUT2D eigenvalue weighted by Crippen LogP contribution is -2.26. The Bertz CT molecular complexity index is 970. The molecule has 0 fully saturated rings. The summed E-state index contributed by atoms with van der Waals surface area (Å²) in [6, 6.07) is 7.87. The molecule has 0 saturated carbocycles. The first-order valence-electron chi connectivity index (χ1n) is 8.78. The van der Waals surface area contributed by atoms with Gasteiger partial charge in [-0.15, -0.1) is 0 Å². The number of ether oxygens (including phenoxy) is 1. The van der Waals surface area contributed by atoms with E-state index in [0.717, 1.165) is 11.5 Å². The van der Waals surface area contributed by atoms with Gasteiger partial charge in [0.05, 0.1) is 11.2 Å². The lowest BCUT2D eigenvalue weighted by molar-refractivity contribution is -0.119. The molecule has 3 rings (SSSR count). The normalized spacial score (nSPS) is 12.2. The molecule has 0 spiro atoms. The van der Waals surface area contributed by atoms with E-state index >= 15 is 0 Å². The number of aromatic hydroxyl groups is 1. The summed E-state index contributed by atoms with van der Waals surface area (Å²) in [6.45, 7) is 5.78. The van der Waals surface area contributed by atoms with Crippen molar-refractivity contribution in [2.45, 2.75) is 33.2 Å². The topological polar surface area (TPSA) is 89.3 Å². The number of amides is 1. The van der Waals surface area contributed by atoms with Crippen LogP contribution < -0.4 is 10.1 Å². The van der Waals surface area contributed by atoms with Gasteiger partial charge in [0.1, 0.15) is 23.4 Å². The number of benzene rings is 1. The molecule has 1 amide bonds. The van der Waals surface area contributed by atoms with Crippen molar-refractivity contribution in [2.24, 2.45) is 5.92 Å². The first kappa shape index (κ1) is 20.2. The van der Waals surface area contributed by atoms with E-state index in [1.54, 1.807) is 37.4 Å². The number of carbonyl (C=O) groups excluding carboxylic acids is 1. The number of halogens is 1. The third kappa shape index (κ3) is 4.82. The Hall–Kier alpha value is -2.58. The number of para-hydroxylation sites is 1. The number of aryl methyl sites for hydroxylation is 1. The van der Waals surface area contributed by atoms with Crippen LogP contribution in [0.25, 0.3) is 0 Å². The second kappa shape index (κ2) is 8.62. The molecular weight excluding hydrogens is 400 g/mol. The second-order valence-corrected chi connectivity index (χ2v) is 7.91. The monoisotopic (exact) mass is 420 g/mol. The summed E-state index contributed by atoms with van der Waals surface area (Å²) in [6.07, 6.45) is 2.12. The Balaban J connectivity index is 1.84. The van der Waals surface area contributed by atoms with Gasteiger partial charge in [0.15, 0.2) is 5.88 Å². The largest absolute Gasteiger partial charge is 0.494 e. The first-order chi connectivity index (χ1) is 13.3. The summed E-state index contributed by atoms with van der Waals surface area (Å²) in [5.41, 5.74) is 0. The SMILES string of the molecule is Cc1nsc(NC(=O)[C@H](CC(C)C)n2cc(Oc3ccccc3Cl)cc2O)n1. The molecule has 2 heterocycles. The zero-order valence-electron chi connectivity index (χ0n) is 15.7. The van der Waals surface area contributed by atoms with Gasteiger partial charge in [-0.25, -0.2) is 4.98 Å². The molecule has 2 N–H and O–H groups in total. The molecule has 0 saturated heterocycles. The first-order valence-corrected chi connectivity index (χ1v) is 9.93. The summed E-state index contributed by atoms with van der Waals surface area (Å²) < 4.78 is 11.3. The Labute approximate surface area is 172 Å². The minimum Gasteiger partial charge on any atom is -0.494 e. The van der Waals surface area contributed by atoms with Crippen molar-refractivity contribution in [3.63, 3.8) is 0 Å². The quantitative estimate of drug-likeness (QED) is 0.559. The highest BCUT2D eigenvalue weighted by atomic mass is 35.5. The molecule has 1 aromatic carbocycles. The van der Waals surface area contributed by atoms with Gasteiger partial charge in [-0.3, -0.25) is 10.1 Å². The van der Waals surface area contributed by atoms with Crippen molar-refractivity contribution < 1.29 is 14.6 Å². The van der Waals surface area contributed by atoms with Gasteiger partial charge in [-0.2, -0.15) is 4.37 Å². The summed E-state index contributed by atoms with van der Waals surface area (Å²) in [5, 5.41) is 14.1. The molecule has 28 heavy (non-hydrogen) atoms. The lowest BCUT2D eigenvalue weighted by atomic mass is 10.0. The Morgan fingerprint density at radius 3 is 2.79 bits per heavy atom. The molecular formula is C19H21ClN4O3S. The molecule has 0 aliphatic heterocycles. The van der Waals surface area contributed by atoms with E-state index in [2.05, 4.69) is 14.7 Å². The van der Waals surface area contributed by atoms with Crippen molar-refractivity contribution in [3.8, 4) is 17.4 Å². The van der Waals surface area contributed by atoms with Crippen LogP contribution in [0.1, 0.15) is 32.1 Å². The van der Waals surface area contributed by atoms with Crippen LogP contribution in [-0.2, 0) is 4.79 Å². The van der Waals surface area contributed by atoms with E-state index in [0.29, 0.717) is 33.9 Å². The minimum absolute atomic E-state index is 0.0729. The zero-order valence-corrected chi connectivity index (χ0v) is 17.3. The van der Waals surface area contributed by atoms with Crippen LogP contribution >= 0.6 is 23.1 Å². The summed E-state index contributed by atoms with van der Waals surface area (Å²) in [5.74, 6) is 1.33. The van der Waals surface area contributed by atoms with Crippen LogP contribution in [0.3, 0.4) is 0 Å². The smallest absolute Gasteiger partial charge is 0.249 e. The predicted octanol–water partition coefficient (Wildman–Crippen LogP) is 5.03. The van der Waals surface area contributed by atoms with Crippen molar-refractivity contribution in [1.29, 1.82) is 0 Å². The molecule has 0 unspecified atom stereocenters. The van der Waals surface area contributed by atoms with Crippen LogP contribution in [0.15, 0.2) is 36.5 Å². The molecule has 0 bridgehead atoms. The maximum absolute atomic E-state index is 12.9. The molecule has 148 valence electrons. The lowest BCUT2D eigenvalue weighted by Gasteiger charge is -2.20. The van der Waals surface area contributed by atoms with E-state index in [1.165, 1.54) is 10.6 Å². The molecule has 0 aliphatic rings. The van der Waals surface area contributed by atoms with Gasteiger partial charge < -0.3 is 14.4 Å². The highest BCUT2D eigenvalue weighted by Crippen LogP contribution is 2.34. The van der Waals surface area contributed by atoms with E-state index in [-0.39, 0.29) is 17.7 Å². The van der Waals surface area contributed by atoms with E-state index in [9.17, 15) is 9.90 Å². The van der Waals surface area contributed by atoms with Crippen molar-refractivity contribution in [3.05, 3.63) is 47.4 Å².